The molecule has 2 bridgehead atoms. The molecule has 7 heteroatoms. The van der Waals surface area contributed by atoms with E-state index in [2.05, 4.69) is 4.98 Å². The van der Waals surface area contributed by atoms with Crippen LogP contribution in [0.15, 0.2) is 23.1 Å². The van der Waals surface area contributed by atoms with Crippen molar-refractivity contribution in [2.45, 2.75) is 92.3 Å². The third-order valence-electron chi connectivity index (χ3n) is 7.53. The molecule has 0 spiro atoms. The summed E-state index contributed by atoms with van der Waals surface area (Å²) in [5.74, 6) is -0.948. The summed E-state index contributed by atoms with van der Waals surface area (Å²) in [5.41, 5.74) is 1.05. The van der Waals surface area contributed by atoms with E-state index in [1.54, 1.807) is 18.3 Å². The van der Waals surface area contributed by atoms with E-state index in [9.17, 15) is 19.8 Å². The number of carbonyl (C=O) groups excluding carboxylic acids is 2. The fourth-order valence-electron chi connectivity index (χ4n) is 5.21. The van der Waals surface area contributed by atoms with Crippen molar-refractivity contribution in [1.29, 1.82) is 0 Å². The molecule has 1 aromatic rings. The van der Waals surface area contributed by atoms with Crippen molar-refractivity contribution in [2.24, 2.45) is 23.2 Å². The number of esters is 1. The van der Waals surface area contributed by atoms with Gasteiger partial charge in [-0.05, 0) is 62.2 Å². The first-order valence-electron chi connectivity index (χ1n) is 12.9. The number of Topliss-reactive ketones (excluding diaryl/α,β-unsaturated/α-hetero) is 1. The molecule has 0 amide bonds. The van der Waals surface area contributed by atoms with E-state index in [4.69, 9.17) is 4.74 Å². The molecular weight excluding hydrogens is 462 g/mol. The normalized spacial score (nSPS) is 34.3. The van der Waals surface area contributed by atoms with Gasteiger partial charge < -0.3 is 14.9 Å². The van der Waals surface area contributed by atoms with Crippen LogP contribution in [-0.4, -0.2) is 45.8 Å². The van der Waals surface area contributed by atoms with Gasteiger partial charge in [0, 0.05) is 29.6 Å². The number of cyclic esters (lactones) is 1. The molecule has 1 aromatic heterocycles. The Morgan fingerprint density at radius 3 is 2.63 bits per heavy atom. The Morgan fingerprint density at radius 2 is 2.00 bits per heavy atom. The van der Waals surface area contributed by atoms with Crippen LogP contribution in [0.25, 0.3) is 6.08 Å². The number of fused-ring (bicyclic) bond motifs is 2. The van der Waals surface area contributed by atoms with Crippen LogP contribution in [0, 0.1) is 30.1 Å². The summed E-state index contributed by atoms with van der Waals surface area (Å²) in [5, 5.41) is 23.5. The van der Waals surface area contributed by atoms with Crippen molar-refractivity contribution in [1.82, 2.24) is 4.98 Å². The first-order valence-corrected chi connectivity index (χ1v) is 13.8. The number of hydrogen-bond acceptors (Lipinski definition) is 7. The van der Waals surface area contributed by atoms with Gasteiger partial charge in [0.05, 0.1) is 23.4 Å². The van der Waals surface area contributed by atoms with Gasteiger partial charge in [0.2, 0.25) is 0 Å². The van der Waals surface area contributed by atoms with Gasteiger partial charge >= 0.3 is 5.97 Å². The molecular formula is C28H43NO5S. The fourth-order valence-corrected chi connectivity index (χ4v) is 5.79. The smallest absolute Gasteiger partial charge is 0.306 e. The highest BCUT2D eigenvalue weighted by Crippen LogP contribution is 2.47. The predicted molar refractivity (Wildman–Crippen MR) is 141 cm³/mol. The van der Waals surface area contributed by atoms with Crippen LogP contribution in [-0.2, 0) is 14.3 Å². The van der Waals surface area contributed by atoms with Gasteiger partial charge in [-0.1, -0.05) is 40.7 Å². The summed E-state index contributed by atoms with van der Waals surface area (Å²) < 4.78 is 5.82. The minimum absolute atomic E-state index is 0.00121. The molecule has 3 rings (SSSR count). The number of aliphatic hydroxyl groups excluding tert-OH is 2. The molecule has 1 aliphatic heterocycles. The van der Waals surface area contributed by atoms with Crippen LogP contribution >= 0.6 is 11.3 Å². The first kappa shape index (κ1) is 29.4. The zero-order valence-corrected chi connectivity index (χ0v) is 22.9. The second kappa shape index (κ2) is 13.5. The first-order chi connectivity index (χ1) is 16.6. The number of aromatic nitrogens is 1. The van der Waals surface area contributed by atoms with Crippen molar-refractivity contribution in [3.05, 3.63) is 33.8 Å². The van der Waals surface area contributed by atoms with Crippen LogP contribution in [0.5, 0.6) is 0 Å². The van der Waals surface area contributed by atoms with Crippen LogP contribution in [0.2, 0.25) is 0 Å². The summed E-state index contributed by atoms with van der Waals surface area (Å²) in [4.78, 5) is 30.5. The van der Waals surface area contributed by atoms with E-state index < -0.39 is 23.5 Å². The lowest BCUT2D eigenvalue weighted by molar-refractivity contribution is -0.155. The van der Waals surface area contributed by atoms with Gasteiger partial charge in [-0.25, -0.2) is 4.98 Å². The lowest BCUT2D eigenvalue weighted by atomic mass is 9.58. The van der Waals surface area contributed by atoms with Crippen LogP contribution < -0.4 is 0 Å². The second-order valence-electron chi connectivity index (χ2n) is 9.96. The average molecular weight is 506 g/mol. The standard InChI is InChI=1S/C26H37NO5S.C2H6/c1-16-12-23(29)32-22(11-9-21-15-33-18(3)27-21)10-8-19(14-28)6-5-7-20-13-26(16,4)25(31)17(2)24(20)30;1-2/h8-9,11,15-17,20,22,24,28,30H,5-7,10,12-14H2,1-4H3;1-2H3/b11-9+,19-8+;/t16-,17+,20+,22?,24?,26?;/m0./s1. The van der Waals surface area contributed by atoms with Gasteiger partial charge in [0.1, 0.15) is 11.9 Å². The van der Waals surface area contributed by atoms with Crippen molar-refractivity contribution in [2.75, 3.05) is 6.61 Å². The third kappa shape index (κ3) is 7.58. The Balaban J connectivity index is 0.00000210. The number of ether oxygens (including phenoxy) is 1. The monoisotopic (exact) mass is 505 g/mol. The number of hydrogen-bond donors (Lipinski definition) is 2. The Kier molecular flexibility index (Phi) is 11.3. The molecule has 2 aliphatic rings. The molecule has 1 fully saturated rings. The molecule has 6 atom stereocenters. The van der Waals surface area contributed by atoms with Crippen LogP contribution in [0.1, 0.15) is 83.8 Å². The molecule has 0 saturated heterocycles. The van der Waals surface area contributed by atoms with Crippen molar-refractivity contribution < 1.29 is 24.5 Å². The minimum Gasteiger partial charge on any atom is -0.458 e. The number of ketones is 1. The van der Waals surface area contributed by atoms with Crippen molar-refractivity contribution in [3.63, 3.8) is 0 Å². The van der Waals surface area contributed by atoms with E-state index in [1.807, 2.05) is 58.2 Å². The summed E-state index contributed by atoms with van der Waals surface area (Å²) >= 11 is 1.56. The lowest BCUT2D eigenvalue weighted by Gasteiger charge is -2.46. The third-order valence-corrected chi connectivity index (χ3v) is 8.33. The van der Waals surface area contributed by atoms with Gasteiger partial charge in [0.25, 0.3) is 0 Å². The molecule has 2 N–H and O–H groups in total. The molecule has 0 radical (unpaired) electrons. The lowest BCUT2D eigenvalue weighted by Crippen LogP contribution is -2.51. The number of aryl methyl sites for hydroxylation is 1. The largest absolute Gasteiger partial charge is 0.458 e. The van der Waals surface area contributed by atoms with E-state index in [-0.39, 0.29) is 36.6 Å². The average Bonchev–Trinajstić information content (AvgIpc) is 3.26. The van der Waals surface area contributed by atoms with Crippen molar-refractivity contribution in [3.8, 4) is 0 Å². The summed E-state index contributed by atoms with van der Waals surface area (Å²) in [6.45, 7) is 11.6. The minimum atomic E-state index is -0.675. The number of carbonyl (C=O) groups is 2. The Hall–Kier alpha value is -1.83. The van der Waals surface area contributed by atoms with Gasteiger partial charge in [-0.2, -0.15) is 0 Å². The highest BCUT2D eigenvalue weighted by Gasteiger charge is 2.50. The second-order valence-corrected chi connectivity index (χ2v) is 11.0. The molecule has 3 unspecified atom stereocenters. The van der Waals surface area contributed by atoms with Gasteiger partial charge in [-0.3, -0.25) is 9.59 Å². The maximum atomic E-state index is 13.2. The molecule has 196 valence electrons. The number of aliphatic hydroxyl groups is 2. The fraction of sp³-hybridized carbons (Fsp3) is 0.679. The van der Waals surface area contributed by atoms with Gasteiger partial charge in [0.15, 0.2) is 0 Å². The van der Waals surface area contributed by atoms with E-state index in [1.165, 1.54) is 0 Å². The van der Waals surface area contributed by atoms with E-state index in [0.29, 0.717) is 19.3 Å². The molecule has 2 heterocycles. The van der Waals surface area contributed by atoms with Crippen LogP contribution in [0.3, 0.4) is 0 Å². The zero-order chi connectivity index (χ0) is 26.2. The zero-order valence-electron chi connectivity index (χ0n) is 22.1. The molecule has 0 aromatic carbocycles. The molecule has 1 saturated carbocycles. The van der Waals surface area contributed by atoms with Crippen molar-refractivity contribution >= 4 is 29.2 Å². The quantitative estimate of drug-likeness (QED) is 0.415. The maximum Gasteiger partial charge on any atom is 0.306 e. The SMILES string of the molecule is CC.Cc1nc(/C=C/C2C/C=C(/CO)CCC[C@@H]3CC(C)(C(=O)[C@H](C)C3O)[C@@H](C)CC(=O)O2)cs1. The maximum absolute atomic E-state index is 13.2. The molecule has 6 nitrogen and oxygen atoms in total. The molecule has 1 aliphatic carbocycles. The summed E-state index contributed by atoms with van der Waals surface area (Å²) in [7, 11) is 0. The highest BCUT2D eigenvalue weighted by molar-refractivity contribution is 7.09. The topological polar surface area (TPSA) is 96.7 Å². The number of rotatable bonds is 3. The molecule has 35 heavy (non-hydrogen) atoms. The Morgan fingerprint density at radius 1 is 1.29 bits per heavy atom. The van der Waals surface area contributed by atoms with E-state index >= 15 is 0 Å². The van der Waals surface area contributed by atoms with E-state index in [0.717, 1.165) is 29.1 Å². The number of nitrogens with zero attached hydrogens (tertiary/aromatic N) is 1. The Labute approximate surface area is 214 Å². The predicted octanol–water partition coefficient (Wildman–Crippen LogP) is 5.51. The van der Waals surface area contributed by atoms with Crippen LogP contribution in [0.4, 0.5) is 0 Å². The van der Waals surface area contributed by atoms with Gasteiger partial charge in [-0.15, -0.1) is 11.3 Å². The Bertz CT molecular complexity index is 907. The summed E-state index contributed by atoms with van der Waals surface area (Å²) in [6.07, 6.45) is 8.04. The number of thiazole rings is 1. The summed E-state index contributed by atoms with van der Waals surface area (Å²) in [6, 6.07) is 0. The highest BCUT2D eigenvalue weighted by atomic mass is 32.1.